The second-order valence-corrected chi connectivity index (χ2v) is 2.94. The van der Waals surface area contributed by atoms with Crippen LogP contribution in [0.15, 0.2) is 23.3 Å². The minimum absolute atomic E-state index is 0.881. The van der Waals surface area contributed by atoms with Gasteiger partial charge in [-0.1, -0.05) is 12.2 Å². The maximum absolute atomic E-state index is 7.62. The Labute approximate surface area is 61.0 Å². The zero-order chi connectivity index (χ0) is 6.97. The Hall–Kier alpha value is -0.850. The molecule has 0 aromatic rings. The highest BCUT2D eigenvalue weighted by atomic mass is 14.4. The van der Waals surface area contributed by atoms with Crippen molar-refractivity contribution in [3.05, 3.63) is 23.3 Å². The summed E-state index contributed by atoms with van der Waals surface area (Å²) in [5, 5.41) is 7.62. The molecule has 0 unspecified atom stereocenters. The molecule has 2 rings (SSSR count). The van der Waals surface area contributed by atoms with Crippen LogP contribution < -0.4 is 0 Å². The maximum Gasteiger partial charge on any atom is 0.0351 e. The first kappa shape index (κ1) is 5.90. The molecule has 0 atom stereocenters. The van der Waals surface area contributed by atoms with Crippen LogP contribution in [-0.2, 0) is 0 Å². The van der Waals surface area contributed by atoms with E-state index in [4.69, 9.17) is 5.41 Å². The summed E-state index contributed by atoms with van der Waals surface area (Å²) in [5.41, 5.74) is 3.62. The Kier molecular flexibility index (Phi) is 1.23. The van der Waals surface area contributed by atoms with Crippen molar-refractivity contribution in [1.29, 1.82) is 5.41 Å². The number of nitrogens with one attached hydrogen (secondary N) is 1. The van der Waals surface area contributed by atoms with Crippen LogP contribution in [0.25, 0.3) is 0 Å². The molecule has 0 saturated carbocycles. The number of rotatable bonds is 0. The van der Waals surface area contributed by atoms with Gasteiger partial charge in [0.2, 0.25) is 0 Å². The van der Waals surface area contributed by atoms with Crippen LogP contribution in [0.1, 0.15) is 25.7 Å². The monoisotopic (exact) mass is 133 g/mol. The number of allylic oxidation sites excluding steroid dienone is 4. The second-order valence-electron chi connectivity index (χ2n) is 2.94. The van der Waals surface area contributed by atoms with E-state index in [1.807, 2.05) is 0 Å². The standard InChI is InChI=1S/C9H11N/c10-9-6-2-4-7-3-1-5-8(7)9/h1,3,10H,2,4-6H2. The SMILES string of the molecule is N=C1CCCC2=C1CC=C2. The Morgan fingerprint density at radius 1 is 1.30 bits per heavy atom. The first-order valence-electron chi connectivity index (χ1n) is 3.84. The first-order chi connectivity index (χ1) is 4.88. The van der Waals surface area contributed by atoms with Crippen LogP contribution in [0.4, 0.5) is 0 Å². The van der Waals surface area contributed by atoms with Gasteiger partial charge in [-0.25, -0.2) is 0 Å². The molecular weight excluding hydrogens is 122 g/mol. The first-order valence-corrected chi connectivity index (χ1v) is 3.84. The van der Waals surface area contributed by atoms with Gasteiger partial charge in [0.1, 0.15) is 0 Å². The van der Waals surface area contributed by atoms with Gasteiger partial charge >= 0.3 is 0 Å². The smallest absolute Gasteiger partial charge is 0.0351 e. The van der Waals surface area contributed by atoms with Gasteiger partial charge in [-0.2, -0.15) is 0 Å². The summed E-state index contributed by atoms with van der Waals surface area (Å²) >= 11 is 0. The normalized spacial score (nSPS) is 23.8. The van der Waals surface area contributed by atoms with Crippen molar-refractivity contribution in [2.24, 2.45) is 0 Å². The van der Waals surface area contributed by atoms with Crippen molar-refractivity contribution >= 4 is 5.71 Å². The topological polar surface area (TPSA) is 23.9 Å². The quantitative estimate of drug-likeness (QED) is 0.525. The van der Waals surface area contributed by atoms with Gasteiger partial charge in [0.05, 0.1) is 0 Å². The average Bonchev–Trinajstić information content (AvgIpc) is 2.36. The lowest BCUT2D eigenvalue weighted by atomic mass is 9.92. The van der Waals surface area contributed by atoms with Crippen LogP contribution in [0.3, 0.4) is 0 Å². The van der Waals surface area contributed by atoms with Gasteiger partial charge in [-0.15, -0.1) is 0 Å². The zero-order valence-electron chi connectivity index (χ0n) is 5.98. The minimum atomic E-state index is 0.881. The zero-order valence-corrected chi connectivity index (χ0v) is 5.98. The van der Waals surface area contributed by atoms with Crippen molar-refractivity contribution < 1.29 is 0 Å². The lowest BCUT2D eigenvalue weighted by molar-refractivity contribution is 0.836. The molecule has 10 heavy (non-hydrogen) atoms. The largest absolute Gasteiger partial charge is 0.305 e. The molecular formula is C9H11N. The maximum atomic E-state index is 7.62. The molecule has 0 spiro atoms. The molecule has 0 fully saturated rings. The van der Waals surface area contributed by atoms with Crippen molar-refractivity contribution in [3.8, 4) is 0 Å². The molecule has 52 valence electrons. The van der Waals surface area contributed by atoms with Crippen LogP contribution in [-0.4, -0.2) is 5.71 Å². The lowest BCUT2D eigenvalue weighted by Gasteiger charge is -2.14. The van der Waals surface area contributed by atoms with Gasteiger partial charge in [-0.05, 0) is 36.8 Å². The fraction of sp³-hybridized carbons (Fsp3) is 0.444. The molecule has 0 aromatic carbocycles. The third kappa shape index (κ3) is 0.737. The molecule has 0 radical (unpaired) electrons. The lowest BCUT2D eigenvalue weighted by Crippen LogP contribution is -2.06. The van der Waals surface area contributed by atoms with E-state index in [0.29, 0.717) is 0 Å². The second kappa shape index (κ2) is 2.08. The molecule has 0 saturated heterocycles. The molecule has 0 bridgehead atoms. The number of hydrogen-bond acceptors (Lipinski definition) is 1. The Morgan fingerprint density at radius 3 is 3.00 bits per heavy atom. The van der Waals surface area contributed by atoms with Crippen molar-refractivity contribution in [1.82, 2.24) is 0 Å². The Bertz CT molecular complexity index is 233. The fourth-order valence-corrected chi connectivity index (χ4v) is 1.71. The molecule has 0 aliphatic heterocycles. The van der Waals surface area contributed by atoms with E-state index >= 15 is 0 Å². The van der Waals surface area contributed by atoms with Gasteiger partial charge in [0.25, 0.3) is 0 Å². The summed E-state index contributed by atoms with van der Waals surface area (Å²) in [4.78, 5) is 0. The van der Waals surface area contributed by atoms with Crippen molar-refractivity contribution in [2.75, 3.05) is 0 Å². The van der Waals surface area contributed by atoms with E-state index in [0.717, 1.165) is 18.6 Å². The Balaban J connectivity index is 2.36. The van der Waals surface area contributed by atoms with Crippen LogP contribution in [0, 0.1) is 5.41 Å². The summed E-state index contributed by atoms with van der Waals surface area (Å²) in [6, 6.07) is 0. The van der Waals surface area contributed by atoms with Gasteiger partial charge in [0, 0.05) is 5.71 Å². The predicted octanol–water partition coefficient (Wildman–Crippen LogP) is 2.45. The third-order valence-corrected chi connectivity index (χ3v) is 2.27. The summed E-state index contributed by atoms with van der Waals surface area (Å²) in [5.74, 6) is 0. The van der Waals surface area contributed by atoms with Gasteiger partial charge < -0.3 is 5.41 Å². The van der Waals surface area contributed by atoms with Crippen molar-refractivity contribution in [3.63, 3.8) is 0 Å². The van der Waals surface area contributed by atoms with E-state index in [-0.39, 0.29) is 0 Å². The molecule has 1 heteroatoms. The van der Waals surface area contributed by atoms with Crippen LogP contribution in [0.5, 0.6) is 0 Å². The molecule has 0 heterocycles. The van der Waals surface area contributed by atoms with Crippen LogP contribution >= 0.6 is 0 Å². The molecule has 1 N–H and O–H groups in total. The third-order valence-electron chi connectivity index (χ3n) is 2.27. The molecule has 1 nitrogen and oxygen atoms in total. The van der Waals surface area contributed by atoms with E-state index < -0.39 is 0 Å². The highest BCUT2D eigenvalue weighted by Crippen LogP contribution is 2.29. The molecule has 2 aliphatic rings. The average molecular weight is 133 g/mol. The summed E-state index contributed by atoms with van der Waals surface area (Å²) < 4.78 is 0. The summed E-state index contributed by atoms with van der Waals surface area (Å²) in [6.07, 6.45) is 8.76. The van der Waals surface area contributed by atoms with E-state index in [1.54, 1.807) is 0 Å². The summed E-state index contributed by atoms with van der Waals surface area (Å²) in [6.45, 7) is 0. The van der Waals surface area contributed by atoms with Crippen molar-refractivity contribution in [2.45, 2.75) is 25.7 Å². The van der Waals surface area contributed by atoms with E-state index in [1.165, 1.54) is 24.0 Å². The molecule has 0 aromatic heterocycles. The van der Waals surface area contributed by atoms with Gasteiger partial charge in [0.15, 0.2) is 0 Å². The molecule has 0 amide bonds. The fourth-order valence-electron chi connectivity index (χ4n) is 1.71. The predicted molar refractivity (Wildman–Crippen MR) is 42.4 cm³/mol. The molecule has 2 aliphatic carbocycles. The minimum Gasteiger partial charge on any atom is -0.305 e. The van der Waals surface area contributed by atoms with E-state index in [9.17, 15) is 0 Å². The van der Waals surface area contributed by atoms with E-state index in [2.05, 4.69) is 12.2 Å². The Morgan fingerprint density at radius 2 is 2.20 bits per heavy atom. The summed E-state index contributed by atoms with van der Waals surface area (Å²) in [7, 11) is 0. The number of hydrogen-bond donors (Lipinski definition) is 1. The highest BCUT2D eigenvalue weighted by Gasteiger charge is 2.17. The van der Waals surface area contributed by atoms with Crippen LogP contribution in [0.2, 0.25) is 0 Å². The highest BCUT2D eigenvalue weighted by molar-refractivity contribution is 6.00. The van der Waals surface area contributed by atoms with Gasteiger partial charge in [-0.3, -0.25) is 0 Å².